The fourth-order valence-corrected chi connectivity index (χ4v) is 1.09. The second kappa shape index (κ2) is 2.27. The monoisotopic (exact) mass is 129 g/mol. The predicted octanol–water partition coefficient (Wildman–Crippen LogP) is 0.367. The Hall–Kier alpha value is -0.0800. The van der Waals surface area contributed by atoms with Crippen LogP contribution in [0.4, 0.5) is 0 Å². The van der Waals surface area contributed by atoms with Gasteiger partial charge in [-0.25, -0.2) is 0 Å². The Kier molecular flexibility index (Phi) is 1.78. The first kappa shape index (κ1) is 7.03. The number of nitrogens with one attached hydrogen (secondary N) is 1. The molecule has 0 aromatic rings. The second-order valence-corrected chi connectivity index (χ2v) is 3.46. The summed E-state index contributed by atoms with van der Waals surface area (Å²) in [5.74, 6) is 0. The molecule has 54 valence electrons. The highest BCUT2D eigenvalue weighted by Gasteiger charge is 2.29. The topological polar surface area (TPSA) is 32.3 Å². The van der Waals surface area contributed by atoms with Crippen molar-refractivity contribution in [1.29, 1.82) is 0 Å². The lowest BCUT2D eigenvalue weighted by molar-refractivity contribution is 0.0251. The molecule has 0 aromatic heterocycles. The lowest BCUT2D eigenvalue weighted by Gasteiger charge is -2.35. The Balaban J connectivity index is 2.49. The second-order valence-electron chi connectivity index (χ2n) is 3.46. The molecule has 2 heteroatoms. The Bertz CT molecular complexity index is 101. The molecule has 0 saturated carbocycles. The maximum absolute atomic E-state index is 9.37. The summed E-state index contributed by atoms with van der Waals surface area (Å²) in [7, 11) is 0. The molecule has 1 unspecified atom stereocenters. The molecule has 1 atom stereocenters. The molecule has 1 aliphatic rings. The molecule has 0 spiro atoms. The van der Waals surface area contributed by atoms with Crippen LogP contribution in [0, 0.1) is 5.41 Å². The van der Waals surface area contributed by atoms with Crippen molar-refractivity contribution in [3.8, 4) is 0 Å². The fraction of sp³-hybridized carbons (Fsp3) is 1.00. The van der Waals surface area contributed by atoms with E-state index in [9.17, 15) is 5.11 Å². The van der Waals surface area contributed by atoms with Crippen molar-refractivity contribution in [1.82, 2.24) is 5.32 Å². The highest BCUT2D eigenvalue weighted by Crippen LogP contribution is 2.26. The van der Waals surface area contributed by atoms with E-state index in [0.717, 1.165) is 19.5 Å². The van der Waals surface area contributed by atoms with Crippen LogP contribution in [-0.2, 0) is 0 Å². The van der Waals surface area contributed by atoms with Gasteiger partial charge < -0.3 is 10.4 Å². The summed E-state index contributed by atoms with van der Waals surface area (Å²) >= 11 is 0. The van der Waals surface area contributed by atoms with E-state index >= 15 is 0 Å². The van der Waals surface area contributed by atoms with Crippen molar-refractivity contribution < 1.29 is 5.11 Å². The van der Waals surface area contributed by atoms with E-state index in [1.165, 1.54) is 0 Å². The third kappa shape index (κ3) is 1.43. The molecule has 0 amide bonds. The third-order valence-corrected chi connectivity index (χ3v) is 2.19. The van der Waals surface area contributed by atoms with Crippen molar-refractivity contribution >= 4 is 0 Å². The zero-order valence-corrected chi connectivity index (χ0v) is 6.15. The predicted molar refractivity (Wildman–Crippen MR) is 37.3 cm³/mol. The standard InChI is InChI=1S/C7H15NO/c1-7(2)3-4-8-5-6(7)9/h6,8-9H,3-5H2,1-2H3. The Labute approximate surface area is 56.3 Å². The van der Waals surface area contributed by atoms with Gasteiger partial charge >= 0.3 is 0 Å². The normalized spacial score (nSPS) is 34.3. The van der Waals surface area contributed by atoms with Gasteiger partial charge in [0, 0.05) is 6.54 Å². The zero-order chi connectivity index (χ0) is 6.91. The molecule has 9 heavy (non-hydrogen) atoms. The maximum atomic E-state index is 9.37. The van der Waals surface area contributed by atoms with E-state index in [1.54, 1.807) is 0 Å². The van der Waals surface area contributed by atoms with Crippen LogP contribution in [0.2, 0.25) is 0 Å². The van der Waals surface area contributed by atoms with Gasteiger partial charge in [-0.3, -0.25) is 0 Å². The minimum Gasteiger partial charge on any atom is -0.391 e. The molecule has 2 nitrogen and oxygen atoms in total. The van der Waals surface area contributed by atoms with Crippen LogP contribution in [0.5, 0.6) is 0 Å². The summed E-state index contributed by atoms with van der Waals surface area (Å²) in [6.07, 6.45) is 0.917. The van der Waals surface area contributed by atoms with Gasteiger partial charge in [-0.2, -0.15) is 0 Å². The van der Waals surface area contributed by atoms with Crippen LogP contribution in [0.3, 0.4) is 0 Å². The number of rotatable bonds is 0. The quantitative estimate of drug-likeness (QED) is 0.495. The molecule has 1 saturated heterocycles. The maximum Gasteiger partial charge on any atom is 0.0715 e. The zero-order valence-electron chi connectivity index (χ0n) is 6.15. The van der Waals surface area contributed by atoms with Crippen LogP contribution in [0.15, 0.2) is 0 Å². The first-order chi connectivity index (χ1) is 4.13. The average molecular weight is 129 g/mol. The summed E-state index contributed by atoms with van der Waals surface area (Å²) < 4.78 is 0. The molecule has 2 N–H and O–H groups in total. The minimum absolute atomic E-state index is 0.130. The van der Waals surface area contributed by atoms with Crippen molar-refractivity contribution in [3.63, 3.8) is 0 Å². The van der Waals surface area contributed by atoms with E-state index in [1.807, 2.05) is 0 Å². The molecule has 1 rings (SSSR count). The van der Waals surface area contributed by atoms with Crippen molar-refractivity contribution in [2.45, 2.75) is 26.4 Å². The van der Waals surface area contributed by atoms with Crippen LogP contribution < -0.4 is 5.32 Å². The van der Waals surface area contributed by atoms with Gasteiger partial charge in [0.1, 0.15) is 0 Å². The summed E-state index contributed by atoms with van der Waals surface area (Å²) in [5.41, 5.74) is 0.130. The largest absolute Gasteiger partial charge is 0.391 e. The summed E-state index contributed by atoms with van der Waals surface area (Å²) in [6.45, 7) is 6.02. The molecular weight excluding hydrogens is 114 g/mol. The number of hydrogen-bond acceptors (Lipinski definition) is 2. The molecule has 1 heterocycles. The van der Waals surface area contributed by atoms with Crippen molar-refractivity contribution in [2.24, 2.45) is 5.41 Å². The summed E-state index contributed by atoms with van der Waals surface area (Å²) in [5, 5.41) is 12.5. The SMILES string of the molecule is CC1(C)CCNCC1O. The highest BCUT2D eigenvalue weighted by molar-refractivity contribution is 4.84. The Morgan fingerprint density at radius 3 is 2.56 bits per heavy atom. The third-order valence-electron chi connectivity index (χ3n) is 2.19. The number of aliphatic hydroxyl groups is 1. The number of hydrogen-bond donors (Lipinski definition) is 2. The molecule has 1 aliphatic heterocycles. The summed E-state index contributed by atoms with van der Waals surface area (Å²) in [4.78, 5) is 0. The lowest BCUT2D eigenvalue weighted by Crippen LogP contribution is -2.45. The van der Waals surface area contributed by atoms with Gasteiger partial charge in [0.2, 0.25) is 0 Å². The summed E-state index contributed by atoms with van der Waals surface area (Å²) in [6, 6.07) is 0. The van der Waals surface area contributed by atoms with Crippen LogP contribution >= 0.6 is 0 Å². The minimum atomic E-state index is -0.161. The first-order valence-electron chi connectivity index (χ1n) is 3.52. The Morgan fingerprint density at radius 2 is 2.22 bits per heavy atom. The van der Waals surface area contributed by atoms with Gasteiger partial charge in [0.25, 0.3) is 0 Å². The van der Waals surface area contributed by atoms with Gasteiger partial charge in [-0.1, -0.05) is 13.8 Å². The fourth-order valence-electron chi connectivity index (χ4n) is 1.09. The number of aliphatic hydroxyl groups excluding tert-OH is 1. The smallest absolute Gasteiger partial charge is 0.0715 e. The highest BCUT2D eigenvalue weighted by atomic mass is 16.3. The molecular formula is C7H15NO. The molecule has 0 aromatic carbocycles. The van der Waals surface area contributed by atoms with E-state index < -0.39 is 0 Å². The van der Waals surface area contributed by atoms with Crippen LogP contribution in [0.1, 0.15) is 20.3 Å². The molecule has 0 aliphatic carbocycles. The van der Waals surface area contributed by atoms with Gasteiger partial charge in [-0.05, 0) is 18.4 Å². The van der Waals surface area contributed by atoms with E-state index in [-0.39, 0.29) is 11.5 Å². The lowest BCUT2D eigenvalue weighted by atomic mass is 9.81. The van der Waals surface area contributed by atoms with E-state index in [0.29, 0.717) is 0 Å². The van der Waals surface area contributed by atoms with Gasteiger partial charge in [0.05, 0.1) is 6.10 Å². The van der Waals surface area contributed by atoms with Gasteiger partial charge in [0.15, 0.2) is 0 Å². The molecule has 0 bridgehead atoms. The Morgan fingerprint density at radius 1 is 1.56 bits per heavy atom. The molecule has 1 fully saturated rings. The van der Waals surface area contributed by atoms with Crippen molar-refractivity contribution in [3.05, 3.63) is 0 Å². The van der Waals surface area contributed by atoms with Crippen LogP contribution in [-0.4, -0.2) is 24.3 Å². The van der Waals surface area contributed by atoms with Crippen molar-refractivity contribution in [2.75, 3.05) is 13.1 Å². The van der Waals surface area contributed by atoms with Crippen LogP contribution in [0.25, 0.3) is 0 Å². The van der Waals surface area contributed by atoms with E-state index in [4.69, 9.17) is 0 Å². The number of β-amino-alcohol motifs (C(OH)–C–C–N with tert-alkyl or cyclic N) is 1. The van der Waals surface area contributed by atoms with E-state index in [2.05, 4.69) is 19.2 Å². The molecule has 0 radical (unpaired) electrons. The average Bonchev–Trinajstić information content (AvgIpc) is 1.77. The first-order valence-corrected chi connectivity index (χ1v) is 3.52. The van der Waals surface area contributed by atoms with Gasteiger partial charge in [-0.15, -0.1) is 0 Å². The number of piperidine rings is 1.